The third-order valence-corrected chi connectivity index (χ3v) is 6.21. The lowest BCUT2D eigenvalue weighted by atomic mass is 9.82. The molecule has 164 valence electrons. The molecule has 0 saturated heterocycles. The van der Waals surface area contributed by atoms with Crippen LogP contribution < -0.4 is 9.30 Å². The summed E-state index contributed by atoms with van der Waals surface area (Å²) >= 11 is 0. The number of aryl methyl sites for hydroxylation is 1. The number of benzene rings is 1. The van der Waals surface area contributed by atoms with Crippen LogP contribution in [0.3, 0.4) is 0 Å². The third kappa shape index (κ3) is 3.56. The Bertz CT molecular complexity index is 1180. The second kappa shape index (κ2) is 7.68. The molecule has 3 aliphatic rings. The SMILES string of the molecule is CN1C=[N+](c2cccc(OC3=C[C-]([n+]4ccn(C)c4)C=C[CH-]3)c2)[C-]2C=C[CH-]C=C2C1(C)C. The van der Waals surface area contributed by atoms with Gasteiger partial charge in [-0.15, -0.1) is 5.57 Å². The maximum Gasteiger partial charge on any atom is 0.183 e. The Hall–Kier alpha value is -3.86. The van der Waals surface area contributed by atoms with Crippen molar-refractivity contribution < 1.29 is 13.9 Å². The minimum absolute atomic E-state index is 0.0727. The average molecular weight is 425 g/mol. The molecule has 0 amide bonds. The van der Waals surface area contributed by atoms with E-state index in [0.29, 0.717) is 0 Å². The highest BCUT2D eigenvalue weighted by Crippen LogP contribution is 2.40. The first-order chi connectivity index (χ1) is 15.4. The highest BCUT2D eigenvalue weighted by molar-refractivity contribution is 5.62. The molecule has 2 aliphatic carbocycles. The smallest absolute Gasteiger partial charge is 0.183 e. The van der Waals surface area contributed by atoms with Crippen molar-refractivity contribution in [2.24, 2.45) is 7.05 Å². The second-order valence-corrected chi connectivity index (χ2v) is 8.76. The van der Waals surface area contributed by atoms with Gasteiger partial charge in [0.05, 0.1) is 37.7 Å². The van der Waals surface area contributed by atoms with Crippen LogP contribution in [0.4, 0.5) is 5.69 Å². The molecule has 0 spiro atoms. The summed E-state index contributed by atoms with van der Waals surface area (Å²) in [5.41, 5.74) is 2.28. The van der Waals surface area contributed by atoms with Crippen LogP contribution in [0.2, 0.25) is 0 Å². The summed E-state index contributed by atoms with van der Waals surface area (Å²) in [4.78, 5) is 2.25. The lowest BCUT2D eigenvalue weighted by Gasteiger charge is -2.50. The van der Waals surface area contributed by atoms with Gasteiger partial charge in [0.15, 0.2) is 12.7 Å². The number of imidazole rings is 1. The Morgan fingerprint density at radius 3 is 2.81 bits per heavy atom. The Morgan fingerprint density at radius 1 is 1.12 bits per heavy atom. The van der Waals surface area contributed by atoms with Gasteiger partial charge in [-0.1, -0.05) is 12.1 Å². The lowest BCUT2D eigenvalue weighted by molar-refractivity contribution is -0.644. The van der Waals surface area contributed by atoms with E-state index in [0.717, 1.165) is 23.2 Å². The second-order valence-electron chi connectivity index (χ2n) is 8.76. The van der Waals surface area contributed by atoms with Gasteiger partial charge < -0.3 is 18.8 Å². The summed E-state index contributed by atoms with van der Waals surface area (Å²) in [6.45, 7) is 4.49. The number of hydrogen-bond donors (Lipinski definition) is 0. The van der Waals surface area contributed by atoms with Crippen molar-refractivity contribution >= 4 is 12.0 Å². The summed E-state index contributed by atoms with van der Waals surface area (Å²) < 4.78 is 12.6. The fourth-order valence-electron chi connectivity index (χ4n) is 4.12. The third-order valence-electron chi connectivity index (χ3n) is 6.21. The average Bonchev–Trinajstić information content (AvgIpc) is 3.23. The summed E-state index contributed by atoms with van der Waals surface area (Å²) in [6, 6.07) is 10.5. The van der Waals surface area contributed by atoms with Crippen LogP contribution in [0.15, 0.2) is 90.8 Å². The number of allylic oxidation sites excluding steroid dienone is 5. The fourth-order valence-corrected chi connectivity index (χ4v) is 4.12. The van der Waals surface area contributed by atoms with Crippen LogP contribution in [0, 0.1) is 24.9 Å². The van der Waals surface area contributed by atoms with Crippen molar-refractivity contribution in [3.05, 3.63) is 116 Å². The minimum Gasteiger partial charge on any atom is -0.518 e. The Labute approximate surface area is 190 Å². The van der Waals surface area contributed by atoms with Gasteiger partial charge in [-0.05, 0) is 43.8 Å². The Kier molecular flexibility index (Phi) is 4.82. The van der Waals surface area contributed by atoms with Crippen LogP contribution in [0.25, 0.3) is 0 Å². The van der Waals surface area contributed by atoms with Gasteiger partial charge in [0.2, 0.25) is 0 Å². The van der Waals surface area contributed by atoms with Crippen molar-refractivity contribution in [1.29, 1.82) is 0 Å². The number of ether oxygens (including phenoxy) is 1. The van der Waals surface area contributed by atoms with Crippen LogP contribution in [0.5, 0.6) is 5.75 Å². The van der Waals surface area contributed by atoms with Crippen LogP contribution in [0.1, 0.15) is 13.8 Å². The highest BCUT2D eigenvalue weighted by Gasteiger charge is 2.34. The van der Waals surface area contributed by atoms with Crippen LogP contribution >= 0.6 is 0 Å². The molecule has 0 unspecified atom stereocenters. The normalized spacial score (nSPS) is 18.9. The molecule has 1 aliphatic heterocycles. The minimum atomic E-state index is -0.0727. The monoisotopic (exact) mass is 424 g/mol. The van der Waals surface area contributed by atoms with Crippen molar-refractivity contribution in [3.63, 3.8) is 0 Å². The van der Waals surface area contributed by atoms with Gasteiger partial charge in [0.1, 0.15) is 5.75 Å². The molecular formula is C27H28N4O-2. The van der Waals surface area contributed by atoms with Gasteiger partial charge in [-0.25, -0.2) is 24.6 Å². The number of fused-ring (bicyclic) bond motifs is 1. The fraction of sp³-hybridized carbons (Fsp3) is 0.185. The Balaban J connectivity index is 1.42. The molecule has 0 atom stereocenters. The van der Waals surface area contributed by atoms with E-state index in [9.17, 15) is 0 Å². The first-order valence-electron chi connectivity index (χ1n) is 10.8. The molecule has 1 aromatic heterocycles. The van der Waals surface area contributed by atoms with Gasteiger partial charge in [-0.3, -0.25) is 4.57 Å². The quantitative estimate of drug-likeness (QED) is 0.546. The molecule has 0 bridgehead atoms. The van der Waals surface area contributed by atoms with Crippen LogP contribution in [-0.4, -0.2) is 33.0 Å². The largest absolute Gasteiger partial charge is 0.518 e. The molecule has 5 heteroatoms. The molecular weight excluding hydrogens is 396 g/mol. The van der Waals surface area contributed by atoms with Crippen LogP contribution in [-0.2, 0) is 7.05 Å². The van der Waals surface area contributed by atoms with Gasteiger partial charge >= 0.3 is 0 Å². The predicted molar refractivity (Wildman–Crippen MR) is 125 cm³/mol. The Morgan fingerprint density at radius 2 is 2.00 bits per heavy atom. The van der Waals surface area contributed by atoms with E-state index in [-0.39, 0.29) is 5.54 Å². The van der Waals surface area contributed by atoms with Crippen molar-refractivity contribution in [2.45, 2.75) is 19.4 Å². The number of likely N-dealkylation sites (N-methyl/N-ethyl adjacent to an activating group) is 1. The predicted octanol–water partition coefficient (Wildman–Crippen LogP) is 4.06. The molecule has 2 heterocycles. The zero-order valence-corrected chi connectivity index (χ0v) is 18.9. The van der Waals surface area contributed by atoms with Gasteiger partial charge in [0, 0.05) is 0 Å². The van der Waals surface area contributed by atoms with Gasteiger partial charge in [-0.2, -0.15) is 24.6 Å². The topological polar surface area (TPSA) is 24.3 Å². The first-order valence-corrected chi connectivity index (χ1v) is 10.8. The van der Waals surface area contributed by atoms with Gasteiger partial charge in [0.25, 0.3) is 0 Å². The molecule has 2 aromatic rings. The molecule has 0 radical (unpaired) electrons. The molecule has 5 rings (SSSR count). The lowest BCUT2D eigenvalue weighted by Crippen LogP contribution is -2.50. The maximum atomic E-state index is 6.26. The number of aromatic nitrogens is 2. The van der Waals surface area contributed by atoms with E-state index in [4.69, 9.17) is 4.74 Å². The van der Waals surface area contributed by atoms with E-state index in [1.165, 1.54) is 11.6 Å². The van der Waals surface area contributed by atoms with E-state index >= 15 is 0 Å². The molecule has 1 aromatic carbocycles. The van der Waals surface area contributed by atoms with Crippen molar-refractivity contribution in [1.82, 2.24) is 9.47 Å². The molecule has 5 nitrogen and oxygen atoms in total. The first kappa shape index (κ1) is 20.1. The van der Waals surface area contributed by atoms with Crippen molar-refractivity contribution in [2.75, 3.05) is 7.05 Å². The molecule has 0 saturated carbocycles. The maximum absolute atomic E-state index is 6.26. The van der Waals surface area contributed by atoms with E-state index in [1.807, 2.05) is 61.0 Å². The summed E-state index contributed by atoms with van der Waals surface area (Å²) in [7, 11) is 4.13. The summed E-state index contributed by atoms with van der Waals surface area (Å²) in [6.07, 6.45) is 24.9. The number of nitrogens with zero attached hydrogens (tertiary/aromatic N) is 4. The molecule has 0 N–H and O–H groups in total. The van der Waals surface area contributed by atoms with E-state index in [1.54, 1.807) is 0 Å². The van der Waals surface area contributed by atoms with Crippen molar-refractivity contribution in [3.8, 4) is 5.75 Å². The van der Waals surface area contributed by atoms with E-state index in [2.05, 4.69) is 84.1 Å². The molecule has 32 heavy (non-hydrogen) atoms. The number of rotatable bonds is 4. The number of hydrogen-bond acceptors (Lipinski definition) is 2. The zero-order valence-electron chi connectivity index (χ0n) is 18.9. The summed E-state index contributed by atoms with van der Waals surface area (Å²) in [5.74, 6) is 1.60. The summed E-state index contributed by atoms with van der Waals surface area (Å²) in [5, 5.41) is 0. The zero-order chi connectivity index (χ0) is 22.3. The molecule has 0 fully saturated rings. The standard InChI is InChI=1S/C27H28N4O/c1-27(2)25-13-5-6-14-26(25)31(20-29(27)4)22-10-8-12-24(18-22)32-23-11-7-9-21(17-23)30-16-15-28(3)19-30/h5-20H,1-4H3/q-2. The highest BCUT2D eigenvalue weighted by atomic mass is 16.5. The van der Waals surface area contributed by atoms with E-state index < -0.39 is 0 Å².